The lowest BCUT2D eigenvalue weighted by molar-refractivity contribution is 0.667. The summed E-state index contributed by atoms with van der Waals surface area (Å²) in [6.45, 7) is 6.69. The summed E-state index contributed by atoms with van der Waals surface area (Å²) in [5.74, 6) is 0. The summed E-state index contributed by atoms with van der Waals surface area (Å²) < 4.78 is 0. The molecule has 0 aliphatic carbocycles. The molecule has 0 aliphatic rings. The second kappa shape index (κ2) is 9.30. The molecule has 0 unspecified atom stereocenters. The Balaban J connectivity index is 1.96. The van der Waals surface area contributed by atoms with Gasteiger partial charge in [0.1, 0.15) is 0 Å². The maximum Gasteiger partial charge on any atom is -0.00727 e. The molecule has 4 aromatic rings. The molecule has 152 valence electrons. The van der Waals surface area contributed by atoms with E-state index in [4.69, 9.17) is 0 Å². The number of benzene rings is 4. The topological polar surface area (TPSA) is 0 Å². The molecule has 0 N–H and O–H groups in total. The molecule has 4 rings (SSSR count). The van der Waals surface area contributed by atoms with Gasteiger partial charge >= 0.3 is 0 Å². The number of rotatable bonds is 7. The van der Waals surface area contributed by atoms with Crippen molar-refractivity contribution in [2.45, 2.75) is 52.9 Å². The van der Waals surface area contributed by atoms with Crippen molar-refractivity contribution in [3.8, 4) is 22.3 Å². The van der Waals surface area contributed by atoms with Gasteiger partial charge in [-0.05, 0) is 71.3 Å². The monoisotopic (exact) mass is 392 g/mol. The number of hydrogen-bond donors (Lipinski definition) is 0. The largest absolute Gasteiger partial charge is 0.0654 e. The maximum atomic E-state index is 2.47. The van der Waals surface area contributed by atoms with Crippen molar-refractivity contribution in [3.05, 3.63) is 95.6 Å². The molecular formula is C30H32. The molecule has 4 aromatic carbocycles. The van der Waals surface area contributed by atoms with Crippen molar-refractivity contribution < 1.29 is 0 Å². The van der Waals surface area contributed by atoms with Gasteiger partial charge in [0.05, 0.1) is 0 Å². The Kier molecular flexibility index (Phi) is 6.33. The summed E-state index contributed by atoms with van der Waals surface area (Å²) in [5, 5.41) is 2.71. The van der Waals surface area contributed by atoms with Crippen LogP contribution in [0.3, 0.4) is 0 Å². The van der Waals surface area contributed by atoms with Crippen LogP contribution in [-0.2, 0) is 6.42 Å². The SMILES string of the molecule is CCCCCCc1cc(-c2ccccc2)c2ccccc2c1-c1cc(C)cc(C)c1. The molecule has 0 atom stereocenters. The number of fused-ring (bicyclic) bond motifs is 1. The fourth-order valence-corrected chi connectivity index (χ4v) is 4.69. The minimum Gasteiger partial charge on any atom is -0.0654 e. The Bertz CT molecular complexity index is 1120. The van der Waals surface area contributed by atoms with E-state index in [0.29, 0.717) is 0 Å². The summed E-state index contributed by atoms with van der Waals surface area (Å²) >= 11 is 0. The molecule has 0 heterocycles. The molecular weight excluding hydrogens is 360 g/mol. The van der Waals surface area contributed by atoms with Crippen LogP contribution in [0.4, 0.5) is 0 Å². The zero-order valence-electron chi connectivity index (χ0n) is 18.5. The highest BCUT2D eigenvalue weighted by atomic mass is 14.2. The van der Waals surface area contributed by atoms with Crippen LogP contribution in [0, 0.1) is 13.8 Å². The van der Waals surface area contributed by atoms with Gasteiger partial charge in [-0.2, -0.15) is 0 Å². The lowest BCUT2D eigenvalue weighted by Gasteiger charge is -2.18. The number of unbranched alkanes of at least 4 members (excludes halogenated alkanes) is 3. The molecule has 0 saturated heterocycles. The summed E-state index contributed by atoms with van der Waals surface area (Å²) in [6, 6.07) is 29.2. The van der Waals surface area contributed by atoms with Gasteiger partial charge in [-0.1, -0.05) is 110 Å². The Morgan fingerprint density at radius 2 is 1.27 bits per heavy atom. The minimum atomic E-state index is 1.13. The Labute approximate surface area is 181 Å². The Hall–Kier alpha value is -2.86. The highest BCUT2D eigenvalue weighted by Crippen LogP contribution is 2.39. The van der Waals surface area contributed by atoms with Crippen molar-refractivity contribution in [1.82, 2.24) is 0 Å². The number of aryl methyl sites for hydroxylation is 3. The van der Waals surface area contributed by atoms with Gasteiger partial charge in [0.25, 0.3) is 0 Å². The van der Waals surface area contributed by atoms with Crippen molar-refractivity contribution in [2.75, 3.05) is 0 Å². The van der Waals surface area contributed by atoms with Crippen molar-refractivity contribution >= 4 is 10.8 Å². The van der Waals surface area contributed by atoms with E-state index in [1.165, 1.54) is 75.4 Å². The van der Waals surface area contributed by atoms with E-state index in [9.17, 15) is 0 Å². The second-order valence-electron chi connectivity index (χ2n) is 8.56. The molecule has 30 heavy (non-hydrogen) atoms. The van der Waals surface area contributed by atoms with E-state index in [-0.39, 0.29) is 0 Å². The third-order valence-corrected chi connectivity index (χ3v) is 6.02. The van der Waals surface area contributed by atoms with Crippen LogP contribution < -0.4 is 0 Å². The van der Waals surface area contributed by atoms with Gasteiger partial charge < -0.3 is 0 Å². The first kappa shape index (κ1) is 20.4. The van der Waals surface area contributed by atoms with E-state index in [2.05, 4.69) is 99.6 Å². The van der Waals surface area contributed by atoms with Crippen LogP contribution in [0.5, 0.6) is 0 Å². The van der Waals surface area contributed by atoms with Gasteiger partial charge in [0.2, 0.25) is 0 Å². The van der Waals surface area contributed by atoms with Crippen molar-refractivity contribution in [3.63, 3.8) is 0 Å². The Morgan fingerprint density at radius 3 is 1.97 bits per heavy atom. The van der Waals surface area contributed by atoms with Crippen LogP contribution in [-0.4, -0.2) is 0 Å². The number of hydrogen-bond acceptors (Lipinski definition) is 0. The Morgan fingerprint density at radius 1 is 0.600 bits per heavy atom. The van der Waals surface area contributed by atoms with Gasteiger partial charge in [0, 0.05) is 0 Å². The first-order valence-electron chi connectivity index (χ1n) is 11.4. The summed E-state index contributed by atoms with van der Waals surface area (Å²) in [6.07, 6.45) is 6.27. The van der Waals surface area contributed by atoms with Gasteiger partial charge in [-0.25, -0.2) is 0 Å². The maximum absolute atomic E-state index is 2.47. The molecule has 0 fully saturated rings. The van der Waals surface area contributed by atoms with Gasteiger partial charge in [0.15, 0.2) is 0 Å². The lowest BCUT2D eigenvalue weighted by atomic mass is 9.85. The zero-order valence-corrected chi connectivity index (χ0v) is 18.5. The molecule has 0 spiro atoms. The van der Waals surface area contributed by atoms with E-state index in [0.717, 1.165) is 6.42 Å². The van der Waals surface area contributed by atoms with Crippen molar-refractivity contribution in [1.29, 1.82) is 0 Å². The second-order valence-corrected chi connectivity index (χ2v) is 8.56. The summed E-state index contributed by atoms with van der Waals surface area (Å²) in [4.78, 5) is 0. The summed E-state index contributed by atoms with van der Waals surface area (Å²) in [5.41, 5.74) is 9.58. The smallest absolute Gasteiger partial charge is 0.00727 e. The highest BCUT2D eigenvalue weighted by Gasteiger charge is 2.15. The van der Waals surface area contributed by atoms with Crippen LogP contribution in [0.2, 0.25) is 0 Å². The van der Waals surface area contributed by atoms with E-state index < -0.39 is 0 Å². The normalized spacial score (nSPS) is 11.2. The molecule has 0 amide bonds. The van der Waals surface area contributed by atoms with Crippen LogP contribution in [0.15, 0.2) is 78.9 Å². The third kappa shape index (κ3) is 4.33. The fraction of sp³-hybridized carbons (Fsp3) is 0.267. The van der Waals surface area contributed by atoms with Crippen LogP contribution in [0.1, 0.15) is 49.3 Å². The van der Waals surface area contributed by atoms with Gasteiger partial charge in [-0.15, -0.1) is 0 Å². The van der Waals surface area contributed by atoms with E-state index in [1.54, 1.807) is 0 Å². The third-order valence-electron chi connectivity index (χ3n) is 6.02. The molecule has 0 nitrogen and oxygen atoms in total. The first-order chi connectivity index (χ1) is 14.7. The van der Waals surface area contributed by atoms with Crippen molar-refractivity contribution in [2.24, 2.45) is 0 Å². The average molecular weight is 393 g/mol. The standard InChI is InChI=1S/C30H32/c1-4-5-6-8-15-25-21-29(24-13-9-7-10-14-24)27-16-11-12-17-28(27)30(25)26-19-22(2)18-23(3)20-26/h7,9-14,16-21H,4-6,8,15H2,1-3H3. The van der Waals surface area contributed by atoms with Gasteiger partial charge in [-0.3, -0.25) is 0 Å². The molecule has 0 aliphatic heterocycles. The van der Waals surface area contributed by atoms with Crippen LogP contribution >= 0.6 is 0 Å². The molecule has 0 bridgehead atoms. The molecule has 0 heteroatoms. The predicted octanol–water partition coefficient (Wildman–Crippen LogP) is 8.91. The minimum absolute atomic E-state index is 1.13. The van der Waals surface area contributed by atoms with Crippen LogP contribution in [0.25, 0.3) is 33.0 Å². The quantitative estimate of drug-likeness (QED) is 0.275. The lowest BCUT2D eigenvalue weighted by Crippen LogP contribution is -1.96. The predicted molar refractivity (Wildman–Crippen MR) is 132 cm³/mol. The molecule has 0 radical (unpaired) electrons. The fourth-order valence-electron chi connectivity index (χ4n) is 4.69. The molecule has 0 aromatic heterocycles. The average Bonchev–Trinajstić information content (AvgIpc) is 2.76. The van der Waals surface area contributed by atoms with E-state index in [1.807, 2.05) is 0 Å². The first-order valence-corrected chi connectivity index (χ1v) is 11.4. The highest BCUT2D eigenvalue weighted by molar-refractivity contribution is 6.06. The molecule has 0 saturated carbocycles. The zero-order chi connectivity index (χ0) is 20.9. The van der Waals surface area contributed by atoms with E-state index >= 15 is 0 Å². The summed E-state index contributed by atoms with van der Waals surface area (Å²) in [7, 11) is 0.